The molecule has 0 fully saturated rings. The number of unbranched alkanes of at least 4 members (excludes halogenated alkanes) is 7. The van der Waals surface area contributed by atoms with Crippen LogP contribution in [0.1, 0.15) is 79.0 Å². The van der Waals surface area contributed by atoms with E-state index in [0.29, 0.717) is 6.61 Å². The summed E-state index contributed by atoms with van der Waals surface area (Å²) in [7, 11) is 0. The molecule has 0 bridgehead atoms. The predicted octanol–water partition coefficient (Wildman–Crippen LogP) is 4.15. The van der Waals surface area contributed by atoms with Crippen LogP contribution in [0.5, 0.6) is 0 Å². The second-order valence-corrected chi connectivity index (χ2v) is 6.63. The summed E-state index contributed by atoms with van der Waals surface area (Å²) in [5, 5.41) is 8.63. The van der Waals surface area contributed by atoms with Crippen LogP contribution in [0.2, 0.25) is 0 Å². The summed E-state index contributed by atoms with van der Waals surface area (Å²) in [6, 6.07) is 6.47. The summed E-state index contributed by atoms with van der Waals surface area (Å²) in [5.74, 6) is -1.10. The Morgan fingerprint density at radius 2 is 1.29 bits per heavy atom. The van der Waals surface area contributed by atoms with Crippen molar-refractivity contribution in [2.75, 3.05) is 33.0 Å². The maximum Gasteiger partial charge on any atom is 0.339 e. The van der Waals surface area contributed by atoms with Gasteiger partial charge in [-0.15, -0.1) is 0 Å². The van der Waals surface area contributed by atoms with Crippen LogP contribution in [0.3, 0.4) is 0 Å². The van der Waals surface area contributed by atoms with E-state index in [1.54, 1.807) is 24.3 Å². The molecule has 28 heavy (non-hydrogen) atoms. The van der Waals surface area contributed by atoms with Crippen LogP contribution in [0, 0.1) is 0 Å². The van der Waals surface area contributed by atoms with Crippen molar-refractivity contribution in [1.29, 1.82) is 0 Å². The van der Waals surface area contributed by atoms with Gasteiger partial charge in [0.25, 0.3) is 0 Å². The van der Waals surface area contributed by atoms with Crippen LogP contribution in [0.15, 0.2) is 24.3 Å². The first-order valence-corrected chi connectivity index (χ1v) is 10.3. The van der Waals surface area contributed by atoms with Gasteiger partial charge in [-0.1, -0.05) is 64.0 Å². The maximum atomic E-state index is 12.3. The molecule has 0 aromatic heterocycles. The summed E-state index contributed by atoms with van der Waals surface area (Å²) < 4.78 is 15.5. The van der Waals surface area contributed by atoms with Crippen LogP contribution >= 0.6 is 0 Å². The zero-order valence-corrected chi connectivity index (χ0v) is 17.0. The number of esters is 2. The molecule has 1 N–H and O–H groups in total. The van der Waals surface area contributed by atoms with Crippen LogP contribution in [0.4, 0.5) is 0 Å². The Bertz CT molecular complexity index is 558. The van der Waals surface area contributed by atoms with Gasteiger partial charge in [-0.25, -0.2) is 9.59 Å². The van der Waals surface area contributed by atoms with Crippen molar-refractivity contribution in [3.63, 3.8) is 0 Å². The standard InChI is InChI=1S/C22H34O6/c1-2-3-4-5-6-7-8-11-15-27-21(24)19-12-9-10-13-20(19)22(25)28-18-17-26-16-14-23/h9-10,12-13,23H,2-8,11,14-18H2,1H3. The molecule has 0 saturated heterocycles. The Labute approximate surface area is 168 Å². The van der Waals surface area contributed by atoms with E-state index in [-0.39, 0.29) is 37.6 Å². The number of aliphatic hydroxyl groups excluding tert-OH is 1. The fourth-order valence-electron chi connectivity index (χ4n) is 2.76. The molecule has 1 aromatic rings. The van der Waals surface area contributed by atoms with E-state index in [1.807, 2.05) is 0 Å². The molecule has 6 nitrogen and oxygen atoms in total. The molecule has 0 heterocycles. The van der Waals surface area contributed by atoms with Crippen molar-refractivity contribution in [2.45, 2.75) is 58.3 Å². The van der Waals surface area contributed by atoms with Gasteiger partial charge in [0.2, 0.25) is 0 Å². The number of aliphatic hydroxyl groups is 1. The van der Waals surface area contributed by atoms with Gasteiger partial charge in [-0.2, -0.15) is 0 Å². The summed E-state index contributed by atoms with van der Waals surface area (Å²) in [4.78, 5) is 24.5. The van der Waals surface area contributed by atoms with Gasteiger partial charge in [0, 0.05) is 0 Å². The maximum absolute atomic E-state index is 12.3. The molecule has 0 aliphatic carbocycles. The van der Waals surface area contributed by atoms with E-state index < -0.39 is 11.9 Å². The molecule has 0 unspecified atom stereocenters. The lowest BCUT2D eigenvalue weighted by atomic mass is 10.1. The lowest BCUT2D eigenvalue weighted by Gasteiger charge is -2.10. The third kappa shape index (κ3) is 10.4. The van der Waals surface area contributed by atoms with Crippen LogP contribution in [-0.2, 0) is 14.2 Å². The first kappa shape index (κ1) is 24.1. The minimum atomic E-state index is -0.591. The van der Waals surface area contributed by atoms with E-state index in [2.05, 4.69) is 6.92 Å². The van der Waals surface area contributed by atoms with Gasteiger partial charge in [-0.3, -0.25) is 0 Å². The molecule has 158 valence electrons. The van der Waals surface area contributed by atoms with Crippen LogP contribution < -0.4 is 0 Å². The largest absolute Gasteiger partial charge is 0.462 e. The molecule has 1 aromatic carbocycles. The summed E-state index contributed by atoms with van der Waals surface area (Å²) in [6.45, 7) is 2.92. The molecule has 0 radical (unpaired) electrons. The highest BCUT2D eigenvalue weighted by atomic mass is 16.6. The number of carbonyl (C=O) groups is 2. The molecule has 0 spiro atoms. The molecule has 0 amide bonds. The van der Waals surface area contributed by atoms with Crippen molar-refractivity contribution < 1.29 is 28.9 Å². The Morgan fingerprint density at radius 1 is 0.750 bits per heavy atom. The lowest BCUT2D eigenvalue weighted by molar-refractivity contribution is 0.0252. The first-order valence-electron chi connectivity index (χ1n) is 10.3. The summed E-state index contributed by atoms with van der Waals surface area (Å²) in [5.41, 5.74) is 0.397. The summed E-state index contributed by atoms with van der Waals surface area (Å²) in [6.07, 6.45) is 9.37. The lowest BCUT2D eigenvalue weighted by Crippen LogP contribution is -2.16. The minimum absolute atomic E-state index is 0.0560. The van der Waals surface area contributed by atoms with Crippen LogP contribution in [-0.4, -0.2) is 50.1 Å². The first-order chi connectivity index (χ1) is 13.7. The average Bonchev–Trinajstić information content (AvgIpc) is 2.72. The highest BCUT2D eigenvalue weighted by molar-refractivity contribution is 6.03. The minimum Gasteiger partial charge on any atom is -0.462 e. The highest BCUT2D eigenvalue weighted by Gasteiger charge is 2.18. The van der Waals surface area contributed by atoms with E-state index in [0.717, 1.165) is 19.3 Å². The quantitative estimate of drug-likeness (QED) is 0.335. The monoisotopic (exact) mass is 394 g/mol. The molecule has 0 aliphatic heterocycles. The molecule has 6 heteroatoms. The zero-order chi connectivity index (χ0) is 20.5. The van der Waals surface area contributed by atoms with Gasteiger partial charge >= 0.3 is 11.9 Å². The van der Waals surface area contributed by atoms with Crippen LogP contribution in [0.25, 0.3) is 0 Å². The van der Waals surface area contributed by atoms with Gasteiger partial charge in [-0.05, 0) is 18.6 Å². The number of hydrogen-bond acceptors (Lipinski definition) is 6. The molecule has 0 aliphatic rings. The Morgan fingerprint density at radius 3 is 1.86 bits per heavy atom. The van der Waals surface area contributed by atoms with Crippen molar-refractivity contribution in [3.8, 4) is 0 Å². The molecule has 0 atom stereocenters. The van der Waals surface area contributed by atoms with Crippen molar-refractivity contribution in [1.82, 2.24) is 0 Å². The average molecular weight is 395 g/mol. The third-order valence-electron chi connectivity index (χ3n) is 4.29. The van der Waals surface area contributed by atoms with Crippen molar-refractivity contribution in [2.24, 2.45) is 0 Å². The van der Waals surface area contributed by atoms with E-state index >= 15 is 0 Å². The Kier molecular flexibility index (Phi) is 13.8. The predicted molar refractivity (Wildman–Crippen MR) is 108 cm³/mol. The number of hydrogen-bond donors (Lipinski definition) is 1. The third-order valence-corrected chi connectivity index (χ3v) is 4.29. The highest BCUT2D eigenvalue weighted by Crippen LogP contribution is 2.13. The Hall–Kier alpha value is -1.92. The Balaban J connectivity index is 2.32. The fourth-order valence-corrected chi connectivity index (χ4v) is 2.76. The fraction of sp³-hybridized carbons (Fsp3) is 0.636. The van der Waals surface area contributed by atoms with Gasteiger partial charge in [0.15, 0.2) is 0 Å². The topological polar surface area (TPSA) is 82.1 Å². The van der Waals surface area contributed by atoms with Crippen molar-refractivity contribution >= 4 is 11.9 Å². The molecular weight excluding hydrogens is 360 g/mol. The summed E-state index contributed by atoms with van der Waals surface area (Å²) >= 11 is 0. The van der Waals surface area contributed by atoms with E-state index in [4.69, 9.17) is 19.3 Å². The number of benzene rings is 1. The second-order valence-electron chi connectivity index (χ2n) is 6.63. The SMILES string of the molecule is CCCCCCCCCCOC(=O)c1ccccc1C(=O)OCCOCCO. The number of ether oxygens (including phenoxy) is 3. The molecule has 0 saturated carbocycles. The second kappa shape index (κ2) is 16.1. The van der Waals surface area contributed by atoms with E-state index in [1.165, 1.54) is 32.1 Å². The van der Waals surface area contributed by atoms with Gasteiger partial charge in [0.1, 0.15) is 6.61 Å². The number of carbonyl (C=O) groups excluding carboxylic acids is 2. The van der Waals surface area contributed by atoms with E-state index in [9.17, 15) is 9.59 Å². The molecule has 1 rings (SSSR count). The smallest absolute Gasteiger partial charge is 0.339 e. The number of rotatable bonds is 16. The van der Waals surface area contributed by atoms with Gasteiger partial charge < -0.3 is 19.3 Å². The van der Waals surface area contributed by atoms with Crippen molar-refractivity contribution in [3.05, 3.63) is 35.4 Å². The molecular formula is C22H34O6. The normalized spacial score (nSPS) is 10.6. The zero-order valence-electron chi connectivity index (χ0n) is 17.0. The van der Waals surface area contributed by atoms with Gasteiger partial charge in [0.05, 0.1) is 37.6 Å².